The molecular weight excluding hydrogens is 382 g/mol. The van der Waals surface area contributed by atoms with Crippen molar-refractivity contribution in [3.8, 4) is 0 Å². The molecule has 25 heavy (non-hydrogen) atoms. The lowest BCUT2D eigenvalue weighted by molar-refractivity contribution is -0.117. The van der Waals surface area contributed by atoms with Gasteiger partial charge in [-0.3, -0.25) is 15.0 Å². The third-order valence-electron chi connectivity index (χ3n) is 4.08. The first-order chi connectivity index (χ1) is 12.0. The Kier molecular flexibility index (Phi) is 4.90. The molecule has 2 aromatic carbocycles. The normalized spacial score (nSPS) is 15.6. The zero-order chi connectivity index (χ0) is 18.0. The van der Waals surface area contributed by atoms with Crippen LogP contribution in [-0.2, 0) is 9.59 Å². The summed E-state index contributed by atoms with van der Waals surface area (Å²) in [5.41, 5.74) is 5.23. The maximum absolute atomic E-state index is 12.6. The third-order valence-corrected chi connectivity index (χ3v) is 4.57. The highest BCUT2D eigenvalue weighted by Gasteiger charge is 2.34. The maximum Gasteiger partial charge on any atom is 0.282 e. The number of hydrogen-bond donors (Lipinski definition) is 1. The zero-order valence-corrected chi connectivity index (χ0v) is 15.6. The fraction of sp³-hybridized carbons (Fsp3) is 0.158. The van der Waals surface area contributed by atoms with Crippen molar-refractivity contribution in [3.63, 3.8) is 0 Å². The van der Waals surface area contributed by atoms with Crippen LogP contribution in [0, 0.1) is 0 Å². The van der Waals surface area contributed by atoms with Crippen LogP contribution in [0.5, 0.6) is 0 Å². The molecule has 3 rings (SSSR count). The van der Waals surface area contributed by atoms with E-state index in [2.05, 4.69) is 33.2 Å². The minimum Gasteiger partial charge on any atom is -0.375 e. The lowest BCUT2D eigenvalue weighted by Gasteiger charge is -2.16. The van der Waals surface area contributed by atoms with Crippen LogP contribution in [0.4, 0.5) is 11.4 Å². The van der Waals surface area contributed by atoms with E-state index in [9.17, 15) is 9.59 Å². The summed E-state index contributed by atoms with van der Waals surface area (Å²) in [6.07, 6.45) is 1.62. The van der Waals surface area contributed by atoms with Crippen molar-refractivity contribution in [1.82, 2.24) is 5.43 Å². The van der Waals surface area contributed by atoms with Gasteiger partial charge in [-0.25, -0.2) is 5.01 Å². The van der Waals surface area contributed by atoms with E-state index in [4.69, 9.17) is 0 Å². The molecule has 0 aromatic heterocycles. The van der Waals surface area contributed by atoms with Gasteiger partial charge in [0.25, 0.3) is 11.8 Å². The van der Waals surface area contributed by atoms with Crippen molar-refractivity contribution >= 4 is 45.2 Å². The number of rotatable bonds is 4. The van der Waals surface area contributed by atoms with Crippen LogP contribution in [0.25, 0.3) is 6.08 Å². The van der Waals surface area contributed by atoms with Gasteiger partial charge >= 0.3 is 0 Å². The summed E-state index contributed by atoms with van der Waals surface area (Å²) in [4.78, 5) is 26.9. The number of halogens is 1. The number of hydrogen-bond acceptors (Lipinski definition) is 3. The van der Waals surface area contributed by atoms with E-state index in [-0.39, 0.29) is 11.5 Å². The molecule has 1 N–H and O–H groups in total. The molecule has 1 aliphatic rings. The Bertz CT molecular complexity index is 846. The number of nitrogens with one attached hydrogen (secondary N) is 1. The molecule has 2 aromatic rings. The van der Waals surface area contributed by atoms with E-state index < -0.39 is 5.91 Å². The quantitative estimate of drug-likeness (QED) is 0.633. The fourth-order valence-corrected chi connectivity index (χ4v) is 2.92. The topological polar surface area (TPSA) is 52.7 Å². The molecule has 2 amide bonds. The molecule has 0 atom stereocenters. The average molecular weight is 400 g/mol. The van der Waals surface area contributed by atoms with E-state index in [1.807, 2.05) is 43.4 Å². The number of carbonyl (C=O) groups excluding carboxylic acids is 2. The van der Waals surface area contributed by atoms with E-state index in [1.165, 1.54) is 5.01 Å². The van der Waals surface area contributed by atoms with Gasteiger partial charge in [0.15, 0.2) is 0 Å². The van der Waals surface area contributed by atoms with Crippen molar-refractivity contribution in [2.45, 2.75) is 6.92 Å². The molecule has 0 saturated carbocycles. The first kappa shape index (κ1) is 17.2. The first-order valence-electron chi connectivity index (χ1n) is 7.93. The molecule has 6 heteroatoms. The monoisotopic (exact) mass is 399 g/mol. The summed E-state index contributed by atoms with van der Waals surface area (Å²) in [5, 5.41) is 1.26. The second-order valence-electron chi connectivity index (χ2n) is 5.73. The Labute approximate surface area is 155 Å². The number of benzene rings is 2. The van der Waals surface area contributed by atoms with Crippen molar-refractivity contribution in [2.24, 2.45) is 0 Å². The average Bonchev–Trinajstić information content (AvgIpc) is 2.90. The third kappa shape index (κ3) is 3.58. The summed E-state index contributed by atoms with van der Waals surface area (Å²) in [7, 11) is 2.01. The standard InChI is InChI=1S/C19H18BrN3O2/c1-3-22(2)15-9-7-13(8-10-15)11-17-18(24)21-23(19(17)25)16-6-4-5-14(20)12-16/h4-12H,3H2,1-2H3,(H,21,24)/b17-11-. The highest BCUT2D eigenvalue weighted by molar-refractivity contribution is 9.10. The van der Waals surface area contributed by atoms with Gasteiger partial charge in [0.2, 0.25) is 0 Å². The maximum atomic E-state index is 12.6. The minimum absolute atomic E-state index is 0.122. The molecule has 1 fully saturated rings. The van der Waals surface area contributed by atoms with Gasteiger partial charge < -0.3 is 4.90 Å². The highest BCUT2D eigenvalue weighted by Crippen LogP contribution is 2.24. The second-order valence-corrected chi connectivity index (χ2v) is 6.64. The van der Waals surface area contributed by atoms with Crippen LogP contribution in [0.2, 0.25) is 0 Å². The molecule has 5 nitrogen and oxygen atoms in total. The number of amides is 2. The SMILES string of the molecule is CCN(C)c1ccc(/C=C2/C(=O)NN(c3cccc(Br)c3)C2=O)cc1. The van der Waals surface area contributed by atoms with Crippen LogP contribution in [0.3, 0.4) is 0 Å². The Morgan fingerprint density at radius 3 is 2.52 bits per heavy atom. The smallest absolute Gasteiger partial charge is 0.282 e. The van der Waals surface area contributed by atoms with Gasteiger partial charge in [0.05, 0.1) is 5.69 Å². The summed E-state index contributed by atoms with van der Waals surface area (Å²) in [6, 6.07) is 14.9. The van der Waals surface area contributed by atoms with E-state index in [0.717, 1.165) is 22.3 Å². The van der Waals surface area contributed by atoms with Gasteiger partial charge in [-0.05, 0) is 48.9 Å². The Morgan fingerprint density at radius 1 is 1.16 bits per heavy atom. The van der Waals surface area contributed by atoms with Crippen LogP contribution in [0.15, 0.2) is 58.6 Å². The summed E-state index contributed by atoms with van der Waals surface area (Å²) in [5.74, 6) is -0.766. The van der Waals surface area contributed by atoms with Crippen molar-refractivity contribution in [2.75, 3.05) is 23.5 Å². The lowest BCUT2D eigenvalue weighted by Crippen LogP contribution is -2.35. The summed E-state index contributed by atoms with van der Waals surface area (Å²) >= 11 is 3.37. The number of nitrogens with zero attached hydrogens (tertiary/aromatic N) is 2. The molecule has 0 unspecified atom stereocenters. The lowest BCUT2D eigenvalue weighted by atomic mass is 10.1. The van der Waals surface area contributed by atoms with Gasteiger partial charge in [0, 0.05) is 23.8 Å². The van der Waals surface area contributed by atoms with Gasteiger partial charge in [-0.15, -0.1) is 0 Å². The molecule has 0 radical (unpaired) electrons. The molecule has 1 heterocycles. The van der Waals surface area contributed by atoms with Crippen LogP contribution in [-0.4, -0.2) is 25.4 Å². The van der Waals surface area contributed by atoms with Gasteiger partial charge in [-0.1, -0.05) is 34.1 Å². The molecule has 0 spiro atoms. The number of anilines is 2. The van der Waals surface area contributed by atoms with E-state index in [1.54, 1.807) is 18.2 Å². The predicted octanol–water partition coefficient (Wildman–Crippen LogP) is 3.37. The highest BCUT2D eigenvalue weighted by atomic mass is 79.9. The first-order valence-corrected chi connectivity index (χ1v) is 8.73. The Morgan fingerprint density at radius 2 is 1.88 bits per heavy atom. The molecule has 0 aliphatic carbocycles. The number of hydrazine groups is 1. The molecule has 128 valence electrons. The van der Waals surface area contributed by atoms with Crippen LogP contribution >= 0.6 is 15.9 Å². The van der Waals surface area contributed by atoms with E-state index in [0.29, 0.717) is 5.69 Å². The van der Waals surface area contributed by atoms with Crippen LogP contribution in [0.1, 0.15) is 12.5 Å². The molecule has 1 saturated heterocycles. The molecule has 1 aliphatic heterocycles. The minimum atomic E-state index is -0.403. The van der Waals surface area contributed by atoms with Crippen molar-refractivity contribution in [3.05, 3.63) is 64.1 Å². The Hall–Kier alpha value is -2.60. The van der Waals surface area contributed by atoms with Gasteiger partial charge in [-0.2, -0.15) is 0 Å². The molecular formula is C19H18BrN3O2. The van der Waals surface area contributed by atoms with Crippen molar-refractivity contribution < 1.29 is 9.59 Å². The Balaban J connectivity index is 1.86. The summed E-state index contributed by atoms with van der Waals surface area (Å²) < 4.78 is 0.833. The van der Waals surface area contributed by atoms with E-state index >= 15 is 0 Å². The zero-order valence-electron chi connectivity index (χ0n) is 14.0. The van der Waals surface area contributed by atoms with Gasteiger partial charge in [0.1, 0.15) is 5.57 Å². The fourth-order valence-electron chi connectivity index (χ4n) is 2.53. The van der Waals surface area contributed by atoms with Crippen LogP contribution < -0.4 is 15.3 Å². The predicted molar refractivity (Wildman–Crippen MR) is 103 cm³/mol. The second kappa shape index (κ2) is 7.11. The largest absolute Gasteiger partial charge is 0.375 e. The summed E-state index contributed by atoms with van der Waals surface area (Å²) in [6.45, 7) is 2.98. The van der Waals surface area contributed by atoms with Crippen molar-refractivity contribution in [1.29, 1.82) is 0 Å². The number of carbonyl (C=O) groups is 2. The molecule has 0 bridgehead atoms.